The van der Waals surface area contributed by atoms with E-state index in [9.17, 15) is 0 Å². The molecule has 1 rings (SSSR count). The van der Waals surface area contributed by atoms with Gasteiger partial charge in [0.1, 0.15) is 6.10 Å². The molecule has 0 N–H and O–H groups in total. The van der Waals surface area contributed by atoms with E-state index in [1.54, 1.807) is 14.2 Å². The van der Waals surface area contributed by atoms with Gasteiger partial charge in [0.05, 0.1) is 6.10 Å². The molecule has 1 aromatic rings. The lowest BCUT2D eigenvalue weighted by atomic mass is 9.95. The third-order valence-corrected chi connectivity index (χ3v) is 4.60. The molecule has 0 fully saturated rings. The van der Waals surface area contributed by atoms with Crippen LogP contribution in [0.15, 0.2) is 30.9 Å². The lowest BCUT2D eigenvalue weighted by molar-refractivity contribution is 0.0869. The molecule has 138 valence electrons. The molecule has 0 aliphatic heterocycles. The number of allylic oxidation sites excluding steroid dienone is 1. The van der Waals surface area contributed by atoms with Gasteiger partial charge in [-0.05, 0) is 42.9 Å². The van der Waals surface area contributed by atoms with E-state index in [2.05, 4.69) is 50.5 Å². The minimum absolute atomic E-state index is 0.184. The summed E-state index contributed by atoms with van der Waals surface area (Å²) in [5, 5.41) is 0. The van der Waals surface area contributed by atoms with Crippen LogP contribution in [0.3, 0.4) is 0 Å². The molecule has 2 atom stereocenters. The minimum Gasteiger partial charge on any atom is -0.381 e. The molecule has 2 heteroatoms. The second-order valence-corrected chi connectivity index (χ2v) is 6.46. The summed E-state index contributed by atoms with van der Waals surface area (Å²) in [6, 6.07) is 6.30. The molecule has 0 unspecified atom stereocenters. The molecule has 0 bridgehead atoms. The van der Waals surface area contributed by atoms with Crippen molar-refractivity contribution in [2.45, 2.75) is 71.0 Å². The predicted molar refractivity (Wildman–Crippen MR) is 107 cm³/mol. The largest absolute Gasteiger partial charge is 0.381 e. The predicted octanol–water partition coefficient (Wildman–Crippen LogP) is 5.79. The van der Waals surface area contributed by atoms with E-state index >= 15 is 0 Å². The fourth-order valence-electron chi connectivity index (χ4n) is 3.06. The Morgan fingerprint density at radius 1 is 1.16 bits per heavy atom. The molecular weight excluding hydrogens is 308 g/mol. The van der Waals surface area contributed by atoms with Crippen LogP contribution in [0, 0.1) is 18.8 Å². The van der Waals surface area contributed by atoms with Crippen LogP contribution >= 0.6 is 0 Å². The normalized spacial score (nSPS) is 13.0. The summed E-state index contributed by atoms with van der Waals surface area (Å²) in [5.74, 6) is 6.59. The molecule has 0 heterocycles. The van der Waals surface area contributed by atoms with Crippen LogP contribution in [0.2, 0.25) is 0 Å². The van der Waals surface area contributed by atoms with Gasteiger partial charge < -0.3 is 9.47 Å². The van der Waals surface area contributed by atoms with Crippen LogP contribution in [-0.4, -0.2) is 20.3 Å². The zero-order valence-corrected chi connectivity index (χ0v) is 16.4. The van der Waals surface area contributed by atoms with Crippen LogP contribution in [0.5, 0.6) is 0 Å². The van der Waals surface area contributed by atoms with Crippen LogP contribution < -0.4 is 0 Å². The van der Waals surface area contributed by atoms with Gasteiger partial charge in [0.25, 0.3) is 0 Å². The first kappa shape index (κ1) is 21.5. The number of methoxy groups -OCH3 is 2. The van der Waals surface area contributed by atoms with Gasteiger partial charge in [-0.2, -0.15) is 0 Å². The van der Waals surface area contributed by atoms with Gasteiger partial charge in [0.2, 0.25) is 0 Å². The van der Waals surface area contributed by atoms with E-state index in [0.29, 0.717) is 6.10 Å². The third-order valence-electron chi connectivity index (χ3n) is 4.60. The fourth-order valence-corrected chi connectivity index (χ4v) is 3.06. The van der Waals surface area contributed by atoms with Crippen LogP contribution in [-0.2, 0) is 15.9 Å². The molecule has 2 nitrogen and oxygen atoms in total. The first-order valence-corrected chi connectivity index (χ1v) is 9.41. The summed E-state index contributed by atoms with van der Waals surface area (Å²) < 4.78 is 11.2. The number of rotatable bonds is 11. The highest BCUT2D eigenvalue weighted by molar-refractivity contribution is 5.40. The zero-order chi connectivity index (χ0) is 18.5. The molecule has 0 saturated carbocycles. The Morgan fingerprint density at radius 2 is 1.96 bits per heavy atom. The van der Waals surface area contributed by atoms with Crippen molar-refractivity contribution in [3.8, 4) is 11.8 Å². The van der Waals surface area contributed by atoms with Gasteiger partial charge in [-0.25, -0.2) is 0 Å². The second kappa shape index (κ2) is 12.8. The minimum atomic E-state index is -0.184. The van der Waals surface area contributed by atoms with Gasteiger partial charge >= 0.3 is 0 Å². The van der Waals surface area contributed by atoms with Gasteiger partial charge in [-0.15, -0.1) is 12.5 Å². The standard InChI is InChI=1S/C23H34O2/c1-6-8-9-15-20(24-4)16-10-11-18-23(25-5)22-17-12-14-19(3)21(22)13-7-2/h7,12,14,17,20,23H,2,6,8-10,13,15-16H2,1,3-5H3/t20-,23+/m1/s1. The average molecular weight is 343 g/mol. The fraction of sp³-hybridized carbons (Fsp3) is 0.565. The number of aryl methyl sites for hydroxylation is 1. The van der Waals surface area contributed by atoms with E-state index in [1.165, 1.54) is 30.4 Å². The zero-order valence-electron chi connectivity index (χ0n) is 16.4. The molecule has 0 aliphatic carbocycles. The number of benzene rings is 1. The maximum atomic E-state index is 5.65. The van der Waals surface area contributed by atoms with Gasteiger partial charge in [-0.1, -0.05) is 56.4 Å². The first-order chi connectivity index (χ1) is 12.2. The summed E-state index contributed by atoms with van der Waals surface area (Å²) in [7, 11) is 3.53. The van der Waals surface area contributed by atoms with Gasteiger partial charge in [-0.3, -0.25) is 0 Å². The quantitative estimate of drug-likeness (QED) is 0.288. The van der Waals surface area contributed by atoms with E-state index in [0.717, 1.165) is 31.2 Å². The van der Waals surface area contributed by atoms with Crippen molar-refractivity contribution in [1.29, 1.82) is 0 Å². The van der Waals surface area contributed by atoms with Gasteiger partial charge in [0.15, 0.2) is 0 Å². The highest BCUT2D eigenvalue weighted by Gasteiger charge is 2.13. The molecule has 0 aliphatic rings. The van der Waals surface area contributed by atoms with Crippen molar-refractivity contribution in [2.75, 3.05) is 14.2 Å². The van der Waals surface area contributed by atoms with Crippen molar-refractivity contribution in [1.82, 2.24) is 0 Å². The van der Waals surface area contributed by atoms with Crippen molar-refractivity contribution < 1.29 is 9.47 Å². The highest BCUT2D eigenvalue weighted by Crippen LogP contribution is 2.24. The highest BCUT2D eigenvalue weighted by atomic mass is 16.5. The van der Waals surface area contributed by atoms with E-state index in [1.807, 2.05) is 6.08 Å². The number of ether oxygens (including phenoxy) is 2. The molecule has 0 saturated heterocycles. The first-order valence-electron chi connectivity index (χ1n) is 9.41. The summed E-state index contributed by atoms with van der Waals surface area (Å²) in [4.78, 5) is 0. The molecule has 0 spiro atoms. The van der Waals surface area contributed by atoms with Crippen LogP contribution in [0.4, 0.5) is 0 Å². The number of hydrogen-bond acceptors (Lipinski definition) is 2. The van der Waals surface area contributed by atoms with Crippen LogP contribution in [0.25, 0.3) is 0 Å². The Bertz CT molecular complexity index is 565. The van der Waals surface area contributed by atoms with E-state index in [4.69, 9.17) is 9.47 Å². The molecule has 0 aromatic heterocycles. The summed E-state index contributed by atoms with van der Waals surface area (Å²) >= 11 is 0. The smallest absolute Gasteiger partial charge is 0.143 e. The van der Waals surface area contributed by atoms with Gasteiger partial charge in [0, 0.05) is 20.6 Å². The Morgan fingerprint density at radius 3 is 2.60 bits per heavy atom. The summed E-state index contributed by atoms with van der Waals surface area (Å²) in [6.07, 6.45) is 9.61. The Kier molecular flexibility index (Phi) is 11.0. The lowest BCUT2D eigenvalue weighted by Gasteiger charge is -2.16. The molecule has 1 aromatic carbocycles. The Labute approximate surface area is 154 Å². The van der Waals surface area contributed by atoms with E-state index < -0.39 is 0 Å². The SMILES string of the molecule is C=CCc1c(C)cccc1[C@H](C#CCC[C@@H](CCCCC)OC)OC. The maximum Gasteiger partial charge on any atom is 0.143 e. The van der Waals surface area contributed by atoms with Crippen molar-refractivity contribution in [3.63, 3.8) is 0 Å². The van der Waals surface area contributed by atoms with E-state index in [-0.39, 0.29) is 6.10 Å². The Hall–Kier alpha value is -1.56. The summed E-state index contributed by atoms with van der Waals surface area (Å²) in [5.41, 5.74) is 3.69. The third kappa shape index (κ3) is 7.46. The van der Waals surface area contributed by atoms with Crippen LogP contribution in [0.1, 0.15) is 68.2 Å². The molecule has 25 heavy (non-hydrogen) atoms. The number of unbranched alkanes of at least 4 members (excludes halogenated alkanes) is 2. The number of hydrogen-bond donors (Lipinski definition) is 0. The average Bonchev–Trinajstić information content (AvgIpc) is 2.62. The lowest BCUT2D eigenvalue weighted by Crippen LogP contribution is -2.10. The molecular formula is C23H34O2. The van der Waals surface area contributed by atoms with Crippen molar-refractivity contribution in [3.05, 3.63) is 47.5 Å². The molecule has 0 amide bonds. The summed E-state index contributed by atoms with van der Waals surface area (Å²) in [6.45, 7) is 8.22. The molecule has 0 radical (unpaired) electrons. The van der Waals surface area contributed by atoms with Crippen molar-refractivity contribution >= 4 is 0 Å². The van der Waals surface area contributed by atoms with Crippen molar-refractivity contribution in [2.24, 2.45) is 0 Å². The maximum absolute atomic E-state index is 5.65. The Balaban J connectivity index is 2.70. The monoisotopic (exact) mass is 342 g/mol. The topological polar surface area (TPSA) is 18.5 Å². The second-order valence-electron chi connectivity index (χ2n) is 6.46.